The fraction of sp³-hybridized carbons (Fsp3) is 0.286. The second kappa shape index (κ2) is 13.8. The molecule has 0 aromatic heterocycles. The average molecular weight is 513 g/mol. The summed E-state index contributed by atoms with van der Waals surface area (Å²) in [6, 6.07) is 22.7. The molecular formula is C28H30Cl2N2O3. The Morgan fingerprint density at radius 3 is 2.29 bits per heavy atom. The lowest BCUT2D eigenvalue weighted by molar-refractivity contribution is -0.143. The second-order valence-electron chi connectivity index (χ2n) is 8.18. The Bertz CT molecular complexity index is 1090. The molecule has 0 saturated carbocycles. The third-order valence-corrected chi connectivity index (χ3v) is 6.09. The van der Waals surface area contributed by atoms with Gasteiger partial charge in [0.15, 0.2) is 6.61 Å². The number of rotatable bonds is 12. The second-order valence-corrected chi connectivity index (χ2v) is 9.02. The summed E-state index contributed by atoms with van der Waals surface area (Å²) in [5, 5.41) is 4.03. The average Bonchev–Trinajstić information content (AvgIpc) is 2.87. The zero-order valence-corrected chi connectivity index (χ0v) is 21.3. The number of benzene rings is 3. The smallest absolute Gasteiger partial charge is 0.261 e. The number of halogens is 2. The van der Waals surface area contributed by atoms with Gasteiger partial charge in [0.25, 0.3) is 5.91 Å². The maximum Gasteiger partial charge on any atom is 0.261 e. The molecule has 3 rings (SSSR count). The van der Waals surface area contributed by atoms with E-state index in [4.69, 9.17) is 27.9 Å². The first-order chi connectivity index (χ1) is 17.0. The fourth-order valence-electron chi connectivity index (χ4n) is 3.69. The summed E-state index contributed by atoms with van der Waals surface area (Å²) in [6.07, 6.45) is 2.96. The zero-order chi connectivity index (χ0) is 25.0. The predicted molar refractivity (Wildman–Crippen MR) is 141 cm³/mol. The quantitative estimate of drug-likeness (QED) is 0.283. The van der Waals surface area contributed by atoms with Crippen LogP contribution in [0.5, 0.6) is 5.75 Å². The van der Waals surface area contributed by atoms with Crippen molar-refractivity contribution in [3.05, 3.63) is 100 Å². The van der Waals surface area contributed by atoms with Gasteiger partial charge in [0, 0.05) is 18.1 Å². The van der Waals surface area contributed by atoms with Gasteiger partial charge in [0.05, 0.1) is 5.02 Å². The Labute approximate surface area is 217 Å². The van der Waals surface area contributed by atoms with Crippen molar-refractivity contribution in [1.29, 1.82) is 0 Å². The molecule has 0 heterocycles. The van der Waals surface area contributed by atoms with Gasteiger partial charge in [-0.1, -0.05) is 97.6 Å². The third-order valence-electron chi connectivity index (χ3n) is 5.53. The molecule has 1 atom stereocenters. The molecule has 2 amide bonds. The normalized spacial score (nSPS) is 11.5. The minimum absolute atomic E-state index is 0.212. The number of amides is 2. The van der Waals surface area contributed by atoms with Gasteiger partial charge in [-0.15, -0.1) is 0 Å². The molecule has 0 bridgehead atoms. The Balaban J connectivity index is 1.90. The van der Waals surface area contributed by atoms with Crippen LogP contribution in [0.4, 0.5) is 0 Å². The van der Waals surface area contributed by atoms with Crippen LogP contribution in [0.25, 0.3) is 0 Å². The highest BCUT2D eigenvalue weighted by molar-refractivity contribution is 6.32. The van der Waals surface area contributed by atoms with Crippen LogP contribution in [0.1, 0.15) is 43.4 Å². The van der Waals surface area contributed by atoms with E-state index in [1.165, 1.54) is 0 Å². The fourth-order valence-corrected chi connectivity index (χ4v) is 4.00. The van der Waals surface area contributed by atoms with E-state index in [-0.39, 0.29) is 25.0 Å². The van der Waals surface area contributed by atoms with Crippen LogP contribution in [-0.2, 0) is 16.1 Å². The summed E-state index contributed by atoms with van der Waals surface area (Å²) < 4.78 is 5.74. The highest BCUT2D eigenvalue weighted by atomic mass is 35.5. The molecule has 7 heteroatoms. The van der Waals surface area contributed by atoms with Crippen LogP contribution < -0.4 is 10.1 Å². The van der Waals surface area contributed by atoms with Gasteiger partial charge in [-0.25, -0.2) is 0 Å². The van der Waals surface area contributed by atoms with Crippen molar-refractivity contribution in [2.75, 3.05) is 13.2 Å². The molecule has 0 aliphatic heterocycles. The Morgan fingerprint density at radius 1 is 0.914 bits per heavy atom. The largest absolute Gasteiger partial charge is 0.482 e. The van der Waals surface area contributed by atoms with E-state index in [0.717, 1.165) is 30.4 Å². The van der Waals surface area contributed by atoms with Gasteiger partial charge in [-0.05, 0) is 41.8 Å². The van der Waals surface area contributed by atoms with Gasteiger partial charge < -0.3 is 15.0 Å². The lowest BCUT2D eigenvalue weighted by Gasteiger charge is -2.31. The van der Waals surface area contributed by atoms with E-state index < -0.39 is 6.04 Å². The standard InChI is InChI=1S/C28H30Cl2N2O3/c1-2-3-9-18-31-28(34)27(22-10-5-4-6-11-22)32(19-21-14-16-23(29)17-15-21)26(33)20-35-25-13-8-7-12-24(25)30/h4-8,10-17,27H,2-3,9,18-20H2,1H3,(H,31,34)/t27-/m1/s1. The molecule has 0 saturated heterocycles. The lowest BCUT2D eigenvalue weighted by Crippen LogP contribution is -2.45. The predicted octanol–water partition coefficient (Wildman–Crippen LogP) is 6.45. The molecule has 5 nitrogen and oxygen atoms in total. The molecule has 0 aliphatic rings. The first kappa shape index (κ1) is 26.6. The van der Waals surface area contributed by atoms with E-state index in [1.54, 1.807) is 41.3 Å². The molecule has 0 unspecified atom stereocenters. The molecule has 0 radical (unpaired) electrons. The Kier molecular flexibility index (Phi) is 10.5. The van der Waals surface area contributed by atoms with E-state index >= 15 is 0 Å². The SMILES string of the molecule is CCCCCNC(=O)[C@@H](c1ccccc1)N(Cc1ccc(Cl)cc1)C(=O)COc1ccccc1Cl. The molecule has 184 valence electrons. The van der Waals surface area contributed by atoms with E-state index in [9.17, 15) is 9.59 Å². The number of hydrogen-bond acceptors (Lipinski definition) is 3. The highest BCUT2D eigenvalue weighted by Gasteiger charge is 2.31. The summed E-state index contributed by atoms with van der Waals surface area (Å²) in [6.45, 7) is 2.61. The van der Waals surface area contributed by atoms with Crippen molar-refractivity contribution in [1.82, 2.24) is 10.2 Å². The van der Waals surface area contributed by atoms with Gasteiger partial charge in [-0.3, -0.25) is 9.59 Å². The van der Waals surface area contributed by atoms with Crippen molar-refractivity contribution in [3.63, 3.8) is 0 Å². The molecule has 35 heavy (non-hydrogen) atoms. The molecule has 3 aromatic rings. The van der Waals surface area contributed by atoms with Crippen LogP contribution in [0, 0.1) is 0 Å². The number of carbonyl (C=O) groups excluding carboxylic acids is 2. The van der Waals surface area contributed by atoms with E-state index in [0.29, 0.717) is 22.3 Å². The number of unbranched alkanes of at least 4 members (excludes halogenated alkanes) is 2. The van der Waals surface area contributed by atoms with Crippen LogP contribution >= 0.6 is 23.2 Å². The van der Waals surface area contributed by atoms with E-state index in [1.807, 2.05) is 42.5 Å². The maximum atomic E-state index is 13.5. The van der Waals surface area contributed by atoms with Crippen LogP contribution in [-0.4, -0.2) is 29.9 Å². The van der Waals surface area contributed by atoms with E-state index in [2.05, 4.69) is 12.2 Å². The van der Waals surface area contributed by atoms with Gasteiger partial charge in [-0.2, -0.15) is 0 Å². The number of nitrogens with one attached hydrogen (secondary N) is 1. The zero-order valence-electron chi connectivity index (χ0n) is 19.8. The molecule has 0 aliphatic carbocycles. The topological polar surface area (TPSA) is 58.6 Å². The van der Waals surface area contributed by atoms with Crippen LogP contribution in [0.3, 0.4) is 0 Å². The first-order valence-electron chi connectivity index (χ1n) is 11.7. The number of ether oxygens (including phenoxy) is 1. The third kappa shape index (κ3) is 8.01. The summed E-state index contributed by atoms with van der Waals surface area (Å²) in [4.78, 5) is 28.5. The highest BCUT2D eigenvalue weighted by Crippen LogP contribution is 2.26. The summed E-state index contributed by atoms with van der Waals surface area (Å²) in [7, 11) is 0. The summed E-state index contributed by atoms with van der Waals surface area (Å²) in [5.41, 5.74) is 1.57. The number of nitrogens with zero attached hydrogens (tertiary/aromatic N) is 1. The molecular weight excluding hydrogens is 483 g/mol. The molecule has 3 aromatic carbocycles. The molecule has 0 fully saturated rings. The summed E-state index contributed by atoms with van der Waals surface area (Å²) in [5.74, 6) is -0.154. The minimum Gasteiger partial charge on any atom is -0.482 e. The van der Waals surface area contributed by atoms with Crippen molar-refractivity contribution in [2.45, 2.75) is 38.8 Å². The van der Waals surface area contributed by atoms with Gasteiger partial charge in [0.2, 0.25) is 5.91 Å². The Hall–Kier alpha value is -3.02. The Morgan fingerprint density at radius 2 is 1.60 bits per heavy atom. The van der Waals surface area contributed by atoms with Crippen molar-refractivity contribution in [3.8, 4) is 5.75 Å². The lowest BCUT2D eigenvalue weighted by atomic mass is 10.0. The minimum atomic E-state index is -0.823. The maximum absolute atomic E-state index is 13.5. The monoisotopic (exact) mass is 512 g/mol. The number of hydrogen-bond donors (Lipinski definition) is 1. The van der Waals surface area contributed by atoms with Crippen molar-refractivity contribution in [2.24, 2.45) is 0 Å². The van der Waals surface area contributed by atoms with Gasteiger partial charge in [0.1, 0.15) is 11.8 Å². The first-order valence-corrected chi connectivity index (χ1v) is 12.5. The van der Waals surface area contributed by atoms with Gasteiger partial charge >= 0.3 is 0 Å². The van der Waals surface area contributed by atoms with Crippen molar-refractivity contribution >= 4 is 35.0 Å². The number of carbonyl (C=O) groups is 2. The number of para-hydroxylation sites is 1. The van der Waals surface area contributed by atoms with Crippen molar-refractivity contribution < 1.29 is 14.3 Å². The summed E-state index contributed by atoms with van der Waals surface area (Å²) >= 11 is 12.3. The molecule has 1 N–H and O–H groups in total. The molecule has 0 spiro atoms. The van der Waals surface area contributed by atoms with Crippen LogP contribution in [0.2, 0.25) is 10.0 Å². The van der Waals surface area contributed by atoms with Crippen LogP contribution in [0.15, 0.2) is 78.9 Å².